The van der Waals surface area contributed by atoms with Gasteiger partial charge < -0.3 is 14.8 Å². The van der Waals surface area contributed by atoms with E-state index in [4.69, 9.17) is 9.47 Å². The van der Waals surface area contributed by atoms with Crippen molar-refractivity contribution in [1.29, 1.82) is 0 Å². The van der Waals surface area contributed by atoms with Crippen LogP contribution in [0.2, 0.25) is 0 Å². The zero-order valence-corrected chi connectivity index (χ0v) is 18.7. The molecule has 5 rings (SSSR count). The van der Waals surface area contributed by atoms with Crippen molar-refractivity contribution in [2.24, 2.45) is 0 Å². The minimum absolute atomic E-state index is 0.195. The van der Waals surface area contributed by atoms with E-state index in [1.807, 2.05) is 0 Å². The lowest BCUT2D eigenvalue weighted by Crippen LogP contribution is -2.24. The Balaban J connectivity index is 1.26. The Hall–Kier alpha value is -4.05. The van der Waals surface area contributed by atoms with Crippen molar-refractivity contribution in [3.63, 3.8) is 0 Å². The highest BCUT2D eigenvalue weighted by atomic mass is 19.1. The van der Waals surface area contributed by atoms with Crippen molar-refractivity contribution >= 4 is 5.82 Å². The van der Waals surface area contributed by atoms with Crippen LogP contribution in [-0.4, -0.2) is 38.6 Å². The minimum Gasteiger partial charge on any atom is -0.457 e. The number of nitrogens with one attached hydrogen (secondary N) is 1. The summed E-state index contributed by atoms with van der Waals surface area (Å²) in [5.41, 5.74) is -0.221. The molecular formula is C25H23F2N5O3. The van der Waals surface area contributed by atoms with Crippen molar-refractivity contribution in [3.05, 3.63) is 94.8 Å². The predicted octanol–water partition coefficient (Wildman–Crippen LogP) is 4.14. The highest BCUT2D eigenvalue weighted by Crippen LogP contribution is 2.24. The first-order chi connectivity index (χ1) is 17.1. The number of aromatic nitrogens is 4. The maximum atomic E-state index is 13.9. The lowest BCUT2D eigenvalue weighted by molar-refractivity contribution is 0.120. The second kappa shape index (κ2) is 10.1. The largest absolute Gasteiger partial charge is 0.457 e. The first kappa shape index (κ1) is 22.7. The maximum Gasteiger partial charge on any atom is 0.350 e. The molecule has 8 nitrogen and oxygen atoms in total. The normalized spacial score (nSPS) is 15.3. The molecule has 0 amide bonds. The molecule has 0 radical (unpaired) electrons. The molecule has 1 N–H and O–H groups in total. The molecule has 1 saturated heterocycles. The first-order valence-electron chi connectivity index (χ1n) is 11.2. The van der Waals surface area contributed by atoms with E-state index in [9.17, 15) is 13.6 Å². The quantitative estimate of drug-likeness (QED) is 0.409. The number of pyridine rings is 1. The van der Waals surface area contributed by atoms with Gasteiger partial charge in [0.1, 0.15) is 35.3 Å². The number of ether oxygens (including phenoxy) is 2. The number of hydrogen-bond acceptors (Lipinski definition) is 6. The van der Waals surface area contributed by atoms with E-state index >= 15 is 0 Å². The molecule has 1 atom stereocenters. The Morgan fingerprint density at radius 2 is 1.89 bits per heavy atom. The SMILES string of the molecule is O=c1n(Cc2c(F)cccc2F)cnn1-c1ccc(Oc2ccnc(NCC3CCCO3)c2)cc1. The van der Waals surface area contributed by atoms with Gasteiger partial charge in [-0.15, -0.1) is 0 Å². The van der Waals surface area contributed by atoms with Gasteiger partial charge in [0.15, 0.2) is 0 Å². The molecule has 1 fully saturated rings. The molecule has 35 heavy (non-hydrogen) atoms. The topological polar surface area (TPSA) is 83.2 Å². The number of anilines is 1. The van der Waals surface area contributed by atoms with Crippen LogP contribution in [0.15, 0.2) is 71.9 Å². The van der Waals surface area contributed by atoms with Crippen LogP contribution in [0.5, 0.6) is 11.5 Å². The van der Waals surface area contributed by atoms with Crippen molar-refractivity contribution in [3.8, 4) is 17.2 Å². The van der Waals surface area contributed by atoms with Crippen LogP contribution >= 0.6 is 0 Å². The summed E-state index contributed by atoms with van der Waals surface area (Å²) in [4.78, 5) is 17.0. The minimum atomic E-state index is -0.715. The molecule has 1 aliphatic heterocycles. The third-order valence-corrected chi connectivity index (χ3v) is 5.71. The summed E-state index contributed by atoms with van der Waals surface area (Å²) in [5.74, 6) is 0.430. The maximum absolute atomic E-state index is 13.9. The molecule has 0 saturated carbocycles. The molecule has 1 aliphatic rings. The lowest BCUT2D eigenvalue weighted by atomic mass is 10.2. The Labute approximate surface area is 199 Å². The summed E-state index contributed by atoms with van der Waals surface area (Å²) >= 11 is 0. The van der Waals surface area contributed by atoms with Crippen LogP contribution in [0.3, 0.4) is 0 Å². The monoisotopic (exact) mass is 479 g/mol. The summed E-state index contributed by atoms with van der Waals surface area (Å²) in [6.45, 7) is 1.23. The number of hydrogen-bond donors (Lipinski definition) is 1. The molecule has 0 aliphatic carbocycles. The van der Waals surface area contributed by atoms with E-state index in [0.717, 1.165) is 40.8 Å². The van der Waals surface area contributed by atoms with Crippen molar-refractivity contribution in [2.45, 2.75) is 25.5 Å². The molecule has 1 unspecified atom stereocenters. The summed E-state index contributed by atoms with van der Waals surface area (Å²) in [5, 5.41) is 7.34. The fourth-order valence-electron chi connectivity index (χ4n) is 3.86. The molecule has 180 valence electrons. The van der Waals surface area contributed by atoms with Gasteiger partial charge >= 0.3 is 5.69 Å². The molecule has 3 heterocycles. The van der Waals surface area contributed by atoms with E-state index in [2.05, 4.69) is 15.4 Å². The highest BCUT2D eigenvalue weighted by molar-refractivity contribution is 5.44. The van der Waals surface area contributed by atoms with Crippen molar-refractivity contribution in [2.75, 3.05) is 18.5 Å². The van der Waals surface area contributed by atoms with Crippen LogP contribution in [0.1, 0.15) is 18.4 Å². The second-order valence-corrected chi connectivity index (χ2v) is 8.14. The van der Waals surface area contributed by atoms with E-state index in [0.29, 0.717) is 29.5 Å². The summed E-state index contributed by atoms with van der Waals surface area (Å²) in [7, 11) is 0. The standard InChI is InChI=1S/C25H23F2N5O3/c26-22-4-1-5-23(27)21(22)15-31-16-30-32(25(31)33)17-6-8-18(9-7-17)35-19-10-11-28-24(13-19)29-14-20-3-2-12-34-20/h1,4-11,13,16,20H,2-3,12,14-15H2,(H,28,29). The van der Waals surface area contributed by atoms with Crippen LogP contribution < -0.4 is 15.7 Å². The van der Waals surface area contributed by atoms with Crippen molar-refractivity contribution in [1.82, 2.24) is 19.3 Å². The van der Waals surface area contributed by atoms with Gasteiger partial charge in [0, 0.05) is 31.0 Å². The van der Waals surface area contributed by atoms with Gasteiger partial charge in [0.25, 0.3) is 0 Å². The van der Waals surface area contributed by atoms with Crippen LogP contribution in [-0.2, 0) is 11.3 Å². The molecule has 4 aromatic rings. The van der Waals surface area contributed by atoms with Crippen molar-refractivity contribution < 1.29 is 18.3 Å². The van der Waals surface area contributed by atoms with E-state index in [1.54, 1.807) is 42.6 Å². The first-order valence-corrected chi connectivity index (χ1v) is 11.2. The zero-order chi connectivity index (χ0) is 24.2. The number of benzene rings is 2. The molecule has 2 aromatic carbocycles. The second-order valence-electron chi connectivity index (χ2n) is 8.14. The summed E-state index contributed by atoms with van der Waals surface area (Å²) < 4.78 is 41.7. The van der Waals surface area contributed by atoms with Gasteiger partial charge in [0.2, 0.25) is 0 Å². The third-order valence-electron chi connectivity index (χ3n) is 5.71. The number of halogens is 2. The summed E-state index contributed by atoms with van der Waals surface area (Å²) in [6, 6.07) is 13.9. The van der Waals surface area contributed by atoms with E-state index in [-0.39, 0.29) is 18.2 Å². The van der Waals surface area contributed by atoms with Gasteiger partial charge in [-0.3, -0.25) is 4.57 Å². The van der Waals surface area contributed by atoms with Crippen LogP contribution in [0, 0.1) is 11.6 Å². The van der Waals surface area contributed by atoms with Gasteiger partial charge in [-0.05, 0) is 55.3 Å². The average Bonchev–Trinajstić information content (AvgIpc) is 3.51. The molecule has 0 bridgehead atoms. The van der Waals surface area contributed by atoms with Gasteiger partial charge in [-0.2, -0.15) is 9.78 Å². The summed E-state index contributed by atoms with van der Waals surface area (Å²) in [6.07, 6.45) is 5.23. The fraction of sp³-hybridized carbons (Fsp3) is 0.240. The Morgan fingerprint density at radius 1 is 1.09 bits per heavy atom. The molecule has 10 heteroatoms. The van der Waals surface area contributed by atoms with E-state index in [1.165, 1.54) is 12.4 Å². The molecule has 0 spiro atoms. The predicted molar refractivity (Wildman–Crippen MR) is 125 cm³/mol. The molecule has 2 aromatic heterocycles. The Morgan fingerprint density at radius 3 is 2.63 bits per heavy atom. The Kier molecular flexibility index (Phi) is 6.53. The lowest BCUT2D eigenvalue weighted by Gasteiger charge is -2.12. The molecular weight excluding hydrogens is 456 g/mol. The van der Waals surface area contributed by atoms with Crippen LogP contribution in [0.4, 0.5) is 14.6 Å². The highest BCUT2D eigenvalue weighted by Gasteiger charge is 2.15. The van der Waals surface area contributed by atoms with Crippen LogP contribution in [0.25, 0.3) is 5.69 Å². The van der Waals surface area contributed by atoms with E-state index < -0.39 is 17.3 Å². The smallest absolute Gasteiger partial charge is 0.350 e. The van der Waals surface area contributed by atoms with Gasteiger partial charge in [-0.25, -0.2) is 18.6 Å². The fourth-order valence-corrected chi connectivity index (χ4v) is 3.86. The Bertz CT molecular complexity index is 1340. The third kappa shape index (κ3) is 5.22. The van der Waals surface area contributed by atoms with Gasteiger partial charge in [0.05, 0.1) is 18.3 Å². The number of nitrogens with zero attached hydrogens (tertiary/aromatic N) is 4. The zero-order valence-electron chi connectivity index (χ0n) is 18.7. The average molecular weight is 479 g/mol. The number of rotatable bonds is 8. The van der Waals surface area contributed by atoms with Gasteiger partial charge in [-0.1, -0.05) is 6.07 Å².